The molecule has 24 heteroatoms. The summed E-state index contributed by atoms with van der Waals surface area (Å²) in [5.74, 6) is -41.3. The Morgan fingerprint density at radius 3 is 0.886 bits per heavy atom. The molecule has 0 aromatic heterocycles. The molecule has 0 spiro atoms. The number of halogens is 22. The Balaban J connectivity index is 4.13. The zero-order valence-corrected chi connectivity index (χ0v) is 14.6. The van der Waals surface area contributed by atoms with E-state index < -0.39 is 65.9 Å². The van der Waals surface area contributed by atoms with E-state index in [9.17, 15) is 96.6 Å². The molecule has 0 saturated heterocycles. The first kappa shape index (κ1) is 31.4. The smallest absolute Gasteiger partial charge is 0.304 e. The Kier molecular flexibility index (Phi) is 6.49. The highest BCUT2D eigenvalue weighted by atomic mass is 19.4. The highest BCUT2D eigenvalue weighted by molar-refractivity contribution is 5.25. The minimum atomic E-state index is -8.92. The van der Waals surface area contributed by atoms with Gasteiger partial charge in [0.25, 0.3) is 0 Å². The third-order valence-electron chi connectivity index (χ3n) is 4.08. The summed E-state index contributed by atoms with van der Waals surface area (Å²) in [5.41, 5.74) is -8.92. The van der Waals surface area contributed by atoms with Crippen LogP contribution in [0.2, 0.25) is 0 Å². The predicted molar refractivity (Wildman–Crippen MR) is 56.6 cm³/mol. The Bertz CT molecular complexity index is 773. The van der Waals surface area contributed by atoms with Crippen LogP contribution in [0.15, 0.2) is 0 Å². The maximum Gasteiger partial charge on any atom is 0.483 e. The summed E-state index contributed by atoms with van der Waals surface area (Å²) in [6.45, 7) is 0. The molecule has 0 radical (unpaired) electrons. The van der Waals surface area contributed by atoms with Crippen molar-refractivity contribution in [3.05, 3.63) is 0 Å². The molecule has 0 amide bonds. The number of rotatable bonds is 5. The second kappa shape index (κ2) is 7.24. The van der Waals surface area contributed by atoms with Gasteiger partial charge in [0.15, 0.2) is 0 Å². The molecule has 1 rings (SSSR count). The lowest BCUT2D eigenvalue weighted by molar-refractivity contribution is -0.560. The average molecular weight is 582 g/mol. The van der Waals surface area contributed by atoms with Gasteiger partial charge < -0.3 is 4.74 Å². The summed E-state index contributed by atoms with van der Waals surface area (Å²) >= 11 is 0. The number of hydrogen-bond donors (Lipinski definition) is 0. The van der Waals surface area contributed by atoms with Gasteiger partial charge in [-0.25, -0.2) is 4.74 Å². The number of hydrogen-bond acceptors (Lipinski definition) is 2. The van der Waals surface area contributed by atoms with Crippen molar-refractivity contribution < 1.29 is 106 Å². The van der Waals surface area contributed by atoms with Gasteiger partial charge in [0.05, 0.1) is 0 Å². The van der Waals surface area contributed by atoms with Gasteiger partial charge >= 0.3 is 65.9 Å². The van der Waals surface area contributed by atoms with Crippen LogP contribution < -0.4 is 0 Å². The maximum atomic E-state index is 14.1. The fourth-order valence-corrected chi connectivity index (χ4v) is 2.29. The van der Waals surface area contributed by atoms with Crippen LogP contribution in [0.3, 0.4) is 0 Å². The van der Waals surface area contributed by atoms with E-state index in [-0.39, 0.29) is 0 Å². The highest BCUT2D eigenvalue weighted by Gasteiger charge is 3.04. The second-order valence-electron chi connectivity index (χ2n) is 6.30. The van der Waals surface area contributed by atoms with Crippen LogP contribution >= 0.6 is 0 Å². The molecular formula is C11F22O2. The zero-order chi connectivity index (χ0) is 28.9. The molecule has 0 bridgehead atoms. The minimum Gasteiger partial charge on any atom is -0.304 e. The van der Waals surface area contributed by atoms with Crippen molar-refractivity contribution in [2.75, 3.05) is 0 Å². The van der Waals surface area contributed by atoms with Gasteiger partial charge in [0.2, 0.25) is 0 Å². The van der Waals surface area contributed by atoms with Crippen LogP contribution in [0.5, 0.6) is 0 Å². The van der Waals surface area contributed by atoms with E-state index in [2.05, 4.69) is 0 Å². The Morgan fingerprint density at radius 2 is 0.657 bits per heavy atom. The van der Waals surface area contributed by atoms with Gasteiger partial charge in [-0.2, -0.15) is 96.6 Å². The molecule has 1 fully saturated rings. The van der Waals surface area contributed by atoms with Crippen LogP contribution in [0.1, 0.15) is 0 Å². The molecule has 0 aromatic rings. The van der Waals surface area contributed by atoms with Crippen molar-refractivity contribution in [1.82, 2.24) is 0 Å². The molecular weight excluding hydrogens is 582 g/mol. The molecule has 0 heterocycles. The summed E-state index contributed by atoms with van der Waals surface area (Å²) < 4.78 is 289. The Labute approximate surface area is 173 Å². The van der Waals surface area contributed by atoms with Crippen molar-refractivity contribution in [2.24, 2.45) is 0 Å². The molecule has 210 valence electrons. The van der Waals surface area contributed by atoms with Crippen molar-refractivity contribution in [3.8, 4) is 0 Å². The van der Waals surface area contributed by atoms with Gasteiger partial charge in [-0.05, 0) is 0 Å². The van der Waals surface area contributed by atoms with Crippen molar-refractivity contribution in [1.29, 1.82) is 0 Å². The standard InChI is InChI=1S/C11F22O2/c12-2(13)3(14,15)5(18,19)6(20,4(2,16)17)34-1(7(21,22)23,8(24,25)26)10(30,31)35-11(32,33)9(27,28)29. The van der Waals surface area contributed by atoms with Crippen LogP contribution in [0.4, 0.5) is 96.6 Å². The van der Waals surface area contributed by atoms with E-state index in [1.54, 1.807) is 0 Å². The van der Waals surface area contributed by atoms with E-state index in [4.69, 9.17) is 0 Å². The van der Waals surface area contributed by atoms with Crippen LogP contribution in [-0.4, -0.2) is 65.9 Å². The van der Waals surface area contributed by atoms with Crippen LogP contribution in [0, 0.1) is 0 Å². The average Bonchev–Trinajstić information content (AvgIpc) is 2.57. The van der Waals surface area contributed by atoms with E-state index in [0.29, 0.717) is 0 Å². The first-order valence-electron chi connectivity index (χ1n) is 7.22. The zero-order valence-electron chi connectivity index (χ0n) is 14.6. The molecule has 35 heavy (non-hydrogen) atoms. The first-order chi connectivity index (χ1) is 14.7. The molecule has 1 saturated carbocycles. The van der Waals surface area contributed by atoms with Gasteiger partial charge in [-0.1, -0.05) is 0 Å². The third-order valence-corrected chi connectivity index (χ3v) is 4.08. The summed E-state index contributed by atoms with van der Waals surface area (Å²) in [6.07, 6.45) is -41.6. The second-order valence-corrected chi connectivity index (χ2v) is 6.30. The fourth-order valence-electron chi connectivity index (χ4n) is 2.29. The molecule has 2 nitrogen and oxygen atoms in total. The summed E-state index contributed by atoms with van der Waals surface area (Å²) in [7, 11) is 0. The van der Waals surface area contributed by atoms with Gasteiger partial charge in [0.1, 0.15) is 0 Å². The lowest BCUT2D eigenvalue weighted by atomic mass is 9.98. The summed E-state index contributed by atoms with van der Waals surface area (Å²) in [4.78, 5) is 0. The van der Waals surface area contributed by atoms with E-state index in [0.717, 1.165) is 4.74 Å². The largest absolute Gasteiger partial charge is 0.483 e. The number of alkyl halides is 22. The summed E-state index contributed by atoms with van der Waals surface area (Å²) in [5, 5.41) is 0. The molecule has 0 atom stereocenters. The number of ether oxygens (including phenoxy) is 2. The fraction of sp³-hybridized carbons (Fsp3) is 1.00. The van der Waals surface area contributed by atoms with E-state index in [1.165, 1.54) is 4.74 Å². The lowest BCUT2D eigenvalue weighted by Crippen LogP contribution is -2.76. The van der Waals surface area contributed by atoms with Crippen molar-refractivity contribution in [2.45, 2.75) is 65.9 Å². The minimum absolute atomic E-state index is 1.02. The van der Waals surface area contributed by atoms with Crippen LogP contribution in [0.25, 0.3) is 0 Å². The van der Waals surface area contributed by atoms with E-state index >= 15 is 0 Å². The Morgan fingerprint density at radius 1 is 0.371 bits per heavy atom. The van der Waals surface area contributed by atoms with Gasteiger partial charge in [0, 0.05) is 0 Å². The predicted octanol–water partition coefficient (Wildman–Crippen LogP) is 6.85. The van der Waals surface area contributed by atoms with E-state index in [1.807, 2.05) is 0 Å². The van der Waals surface area contributed by atoms with Crippen molar-refractivity contribution >= 4 is 0 Å². The molecule has 0 N–H and O–H groups in total. The van der Waals surface area contributed by atoms with Crippen molar-refractivity contribution in [3.63, 3.8) is 0 Å². The molecule has 0 aliphatic heterocycles. The van der Waals surface area contributed by atoms with Gasteiger partial charge in [-0.15, -0.1) is 0 Å². The molecule has 1 aliphatic carbocycles. The highest BCUT2D eigenvalue weighted by Crippen LogP contribution is 2.72. The molecule has 0 aromatic carbocycles. The van der Waals surface area contributed by atoms with Gasteiger partial charge in [-0.3, -0.25) is 0 Å². The Hall–Kier alpha value is -1.62. The molecule has 1 aliphatic rings. The normalized spacial score (nSPS) is 24.5. The lowest BCUT2D eigenvalue weighted by Gasteiger charge is -2.45. The van der Waals surface area contributed by atoms with Crippen LogP contribution in [-0.2, 0) is 9.47 Å². The molecule has 0 unspecified atom stereocenters. The summed E-state index contributed by atoms with van der Waals surface area (Å²) in [6, 6.07) is 0. The topological polar surface area (TPSA) is 18.5 Å². The third kappa shape index (κ3) is 3.58. The maximum absolute atomic E-state index is 14.1. The monoisotopic (exact) mass is 582 g/mol. The quantitative estimate of drug-likeness (QED) is 0.331. The first-order valence-corrected chi connectivity index (χ1v) is 7.22. The SMILES string of the molecule is FC(F)(F)C(F)(F)OC(F)(F)C(OC1(F)C(F)(F)C(F)(F)C(F)(F)C1(F)F)(C(F)(F)F)C(F)(F)F.